The number of rotatable bonds is 9. The summed E-state index contributed by atoms with van der Waals surface area (Å²) in [7, 11) is 0. The van der Waals surface area contributed by atoms with E-state index in [0.29, 0.717) is 38.5 Å². The van der Waals surface area contributed by atoms with Crippen molar-refractivity contribution >= 4 is 5.69 Å². The highest BCUT2D eigenvalue weighted by atomic mass is 19.1. The minimum atomic E-state index is -0.759. The molecule has 35 heavy (non-hydrogen) atoms. The summed E-state index contributed by atoms with van der Waals surface area (Å²) in [6.45, 7) is 3.24. The number of nitro benzene ring substituents is 1. The first-order valence-electron chi connectivity index (χ1n) is 11.4. The van der Waals surface area contributed by atoms with E-state index < -0.39 is 11.0 Å². The monoisotopic (exact) mass is 483 g/mol. The van der Waals surface area contributed by atoms with Crippen LogP contribution in [0.4, 0.5) is 14.5 Å². The van der Waals surface area contributed by atoms with E-state index in [1.165, 1.54) is 42.5 Å². The molecule has 1 fully saturated rings. The Morgan fingerprint density at radius 3 is 2.03 bits per heavy atom. The highest BCUT2D eigenvalue weighted by Crippen LogP contribution is 2.30. The van der Waals surface area contributed by atoms with Gasteiger partial charge in [0, 0.05) is 38.8 Å². The second kappa shape index (κ2) is 11.4. The molecule has 9 heteroatoms. The summed E-state index contributed by atoms with van der Waals surface area (Å²) >= 11 is 0. The first kappa shape index (κ1) is 24.7. The third-order valence-electron chi connectivity index (χ3n) is 6.08. The highest BCUT2D eigenvalue weighted by molar-refractivity contribution is 5.38. The van der Waals surface area contributed by atoms with E-state index in [9.17, 15) is 24.0 Å². The Morgan fingerprint density at radius 2 is 1.49 bits per heavy atom. The van der Waals surface area contributed by atoms with Gasteiger partial charge in [0.05, 0.1) is 17.0 Å². The quantitative estimate of drug-likeness (QED) is 0.366. The predicted octanol–water partition coefficient (Wildman–Crippen LogP) is 4.02. The van der Waals surface area contributed by atoms with Crippen molar-refractivity contribution in [2.45, 2.75) is 12.1 Å². The van der Waals surface area contributed by atoms with Crippen molar-refractivity contribution in [1.29, 1.82) is 0 Å². The molecule has 184 valence electrons. The molecule has 1 aliphatic rings. The fraction of sp³-hybridized carbons (Fsp3) is 0.308. The molecule has 0 amide bonds. The van der Waals surface area contributed by atoms with Crippen LogP contribution in [0.15, 0.2) is 72.8 Å². The number of ether oxygens (including phenoxy) is 1. The molecule has 4 rings (SSSR count). The smallest absolute Gasteiger partial charge is 0.273 e. The molecule has 0 radical (unpaired) electrons. The molecule has 0 bridgehead atoms. The maximum Gasteiger partial charge on any atom is 0.273 e. The standard InChI is InChI=1S/C26H27F2N3O4/c27-21-8-4-19(5-9-21)26(20-6-10-22(28)11-7-20)30-14-12-29(13-15-30)17-24(32)18-35-25-3-1-2-23(16-25)31(33)34/h1-11,16,24,26,32H,12-15,17-18H2/t24-/m0/s1. The number of hydrogen-bond donors (Lipinski definition) is 1. The lowest BCUT2D eigenvalue weighted by Crippen LogP contribution is -2.50. The number of nitrogens with zero attached hydrogens (tertiary/aromatic N) is 3. The summed E-state index contributed by atoms with van der Waals surface area (Å²) in [5.74, 6) is -0.278. The molecule has 0 unspecified atom stereocenters. The Labute approximate surface area is 202 Å². The number of benzene rings is 3. The minimum absolute atomic E-state index is 0.0230. The van der Waals surface area contributed by atoms with E-state index in [-0.39, 0.29) is 30.0 Å². The van der Waals surface area contributed by atoms with Crippen LogP contribution >= 0.6 is 0 Å². The van der Waals surface area contributed by atoms with E-state index in [1.807, 2.05) is 0 Å². The molecule has 1 atom stereocenters. The highest BCUT2D eigenvalue weighted by Gasteiger charge is 2.27. The lowest BCUT2D eigenvalue weighted by atomic mass is 9.96. The van der Waals surface area contributed by atoms with Gasteiger partial charge in [0.25, 0.3) is 5.69 Å². The minimum Gasteiger partial charge on any atom is -0.491 e. The zero-order valence-electron chi connectivity index (χ0n) is 19.1. The third-order valence-corrected chi connectivity index (χ3v) is 6.08. The largest absolute Gasteiger partial charge is 0.491 e. The Kier molecular flexibility index (Phi) is 8.02. The van der Waals surface area contributed by atoms with Crippen molar-refractivity contribution in [3.63, 3.8) is 0 Å². The lowest BCUT2D eigenvalue weighted by molar-refractivity contribution is -0.384. The van der Waals surface area contributed by atoms with Crippen molar-refractivity contribution in [1.82, 2.24) is 9.80 Å². The zero-order valence-corrected chi connectivity index (χ0v) is 19.1. The Morgan fingerprint density at radius 1 is 0.914 bits per heavy atom. The number of non-ortho nitro benzene ring substituents is 1. The van der Waals surface area contributed by atoms with Crippen molar-refractivity contribution < 1.29 is 23.5 Å². The van der Waals surface area contributed by atoms with Crippen molar-refractivity contribution in [3.05, 3.63) is 106 Å². The van der Waals surface area contributed by atoms with E-state index in [0.717, 1.165) is 11.1 Å². The van der Waals surface area contributed by atoms with Gasteiger partial charge in [0.1, 0.15) is 30.1 Å². The molecule has 0 aromatic heterocycles. The second-order valence-electron chi connectivity index (χ2n) is 8.56. The van der Waals surface area contributed by atoms with Crippen LogP contribution in [-0.4, -0.2) is 65.3 Å². The number of hydrogen-bond acceptors (Lipinski definition) is 6. The van der Waals surface area contributed by atoms with Crippen molar-refractivity contribution in [2.75, 3.05) is 39.3 Å². The van der Waals surface area contributed by atoms with E-state index >= 15 is 0 Å². The molecular formula is C26H27F2N3O4. The van der Waals surface area contributed by atoms with Gasteiger partial charge in [0.2, 0.25) is 0 Å². The molecule has 1 saturated heterocycles. The summed E-state index contributed by atoms with van der Waals surface area (Å²) in [5.41, 5.74) is 1.79. The van der Waals surface area contributed by atoms with Crippen LogP contribution in [0.2, 0.25) is 0 Å². The third kappa shape index (κ3) is 6.60. The van der Waals surface area contributed by atoms with Crippen molar-refractivity contribution in [3.8, 4) is 5.75 Å². The fourth-order valence-corrected chi connectivity index (χ4v) is 4.34. The predicted molar refractivity (Wildman–Crippen MR) is 127 cm³/mol. The molecule has 1 heterocycles. The van der Waals surface area contributed by atoms with Crippen LogP contribution in [0, 0.1) is 21.7 Å². The summed E-state index contributed by atoms with van der Waals surface area (Å²) in [6.07, 6.45) is -0.759. The van der Waals surface area contributed by atoms with Gasteiger partial charge in [-0.25, -0.2) is 8.78 Å². The maximum atomic E-state index is 13.5. The first-order chi connectivity index (χ1) is 16.9. The topological polar surface area (TPSA) is 79.1 Å². The van der Waals surface area contributed by atoms with Gasteiger partial charge < -0.3 is 9.84 Å². The van der Waals surface area contributed by atoms with Crippen LogP contribution in [0.25, 0.3) is 0 Å². The van der Waals surface area contributed by atoms with Gasteiger partial charge >= 0.3 is 0 Å². The summed E-state index contributed by atoms with van der Waals surface area (Å²) in [6, 6.07) is 18.5. The van der Waals surface area contributed by atoms with Gasteiger partial charge in [0.15, 0.2) is 0 Å². The molecular weight excluding hydrogens is 456 g/mol. The maximum absolute atomic E-state index is 13.5. The van der Waals surface area contributed by atoms with Gasteiger partial charge in [-0.3, -0.25) is 19.9 Å². The fourth-order valence-electron chi connectivity index (χ4n) is 4.34. The average Bonchev–Trinajstić information content (AvgIpc) is 2.86. The molecule has 0 saturated carbocycles. The normalized spacial score (nSPS) is 15.8. The number of β-amino-alcohol motifs (C(OH)–C–C–N with tert-alkyl or cyclic N) is 1. The lowest BCUT2D eigenvalue weighted by Gasteiger charge is -2.40. The van der Waals surface area contributed by atoms with Crippen LogP contribution in [0.1, 0.15) is 17.2 Å². The number of aliphatic hydroxyl groups excluding tert-OH is 1. The van der Waals surface area contributed by atoms with Gasteiger partial charge in [-0.15, -0.1) is 0 Å². The number of piperazine rings is 1. The van der Waals surface area contributed by atoms with Crippen LogP contribution in [0.5, 0.6) is 5.75 Å². The van der Waals surface area contributed by atoms with Crippen LogP contribution in [0.3, 0.4) is 0 Å². The Balaban J connectivity index is 1.34. The Hall–Kier alpha value is -3.40. The molecule has 3 aromatic rings. The van der Waals surface area contributed by atoms with Crippen molar-refractivity contribution in [2.24, 2.45) is 0 Å². The molecule has 7 nitrogen and oxygen atoms in total. The average molecular weight is 484 g/mol. The number of nitro groups is 1. The van der Waals surface area contributed by atoms with Gasteiger partial charge in [-0.2, -0.15) is 0 Å². The zero-order chi connectivity index (χ0) is 24.8. The Bertz CT molecular complexity index is 1070. The van der Waals surface area contributed by atoms with E-state index in [2.05, 4.69) is 9.80 Å². The molecule has 0 spiro atoms. The van der Waals surface area contributed by atoms with E-state index in [4.69, 9.17) is 4.74 Å². The first-order valence-corrected chi connectivity index (χ1v) is 11.4. The second-order valence-corrected chi connectivity index (χ2v) is 8.56. The summed E-state index contributed by atoms with van der Waals surface area (Å²) < 4.78 is 32.6. The van der Waals surface area contributed by atoms with Crippen LogP contribution in [-0.2, 0) is 0 Å². The summed E-state index contributed by atoms with van der Waals surface area (Å²) in [4.78, 5) is 14.8. The van der Waals surface area contributed by atoms with Crippen LogP contribution < -0.4 is 4.74 Å². The molecule has 3 aromatic carbocycles. The molecule has 1 aliphatic heterocycles. The SMILES string of the molecule is O=[N+]([O-])c1cccc(OC[C@@H](O)CN2CCN(C(c3ccc(F)cc3)c3ccc(F)cc3)CC2)c1. The summed E-state index contributed by atoms with van der Waals surface area (Å²) in [5, 5.41) is 21.3. The van der Waals surface area contributed by atoms with Gasteiger partial charge in [-0.05, 0) is 41.5 Å². The van der Waals surface area contributed by atoms with Gasteiger partial charge in [-0.1, -0.05) is 30.3 Å². The molecule has 1 N–H and O–H groups in total. The number of halogens is 2. The molecule has 0 aliphatic carbocycles. The number of aliphatic hydroxyl groups is 1. The van der Waals surface area contributed by atoms with E-state index in [1.54, 1.807) is 30.3 Å².